The highest BCUT2D eigenvalue weighted by atomic mass is 35.5. The second-order valence-electron chi connectivity index (χ2n) is 11.4. The third-order valence-electron chi connectivity index (χ3n) is 8.28. The van der Waals surface area contributed by atoms with Crippen molar-refractivity contribution >= 4 is 57.9 Å². The summed E-state index contributed by atoms with van der Waals surface area (Å²) in [5.41, 5.74) is -0.965. The van der Waals surface area contributed by atoms with Gasteiger partial charge in [0.25, 0.3) is 5.91 Å². The average molecular weight is 677 g/mol. The maximum absolute atomic E-state index is 15.2. The molecular formula is C30H28ClF3N6O7. The van der Waals surface area contributed by atoms with E-state index in [0.29, 0.717) is 5.52 Å². The van der Waals surface area contributed by atoms with Crippen LogP contribution in [0.15, 0.2) is 35.3 Å². The Balaban J connectivity index is 1.07. The van der Waals surface area contributed by atoms with Gasteiger partial charge in [-0.15, -0.1) is 0 Å². The minimum absolute atomic E-state index is 0.000933. The van der Waals surface area contributed by atoms with E-state index in [9.17, 15) is 28.4 Å². The van der Waals surface area contributed by atoms with Crippen LogP contribution in [-0.4, -0.2) is 90.5 Å². The number of aromatic nitrogens is 1. The van der Waals surface area contributed by atoms with Crippen LogP contribution < -0.4 is 25.9 Å². The summed E-state index contributed by atoms with van der Waals surface area (Å²) >= 11 is 5.93. The number of cyclic esters (lactones) is 1. The summed E-state index contributed by atoms with van der Waals surface area (Å²) in [6.07, 6.45) is 0.0123. The third kappa shape index (κ3) is 6.50. The molecule has 47 heavy (non-hydrogen) atoms. The van der Waals surface area contributed by atoms with Gasteiger partial charge in [-0.2, -0.15) is 0 Å². The van der Waals surface area contributed by atoms with E-state index in [-0.39, 0.29) is 72.7 Å². The number of pyridine rings is 1. The van der Waals surface area contributed by atoms with Gasteiger partial charge in [0.1, 0.15) is 23.2 Å². The summed E-state index contributed by atoms with van der Waals surface area (Å²) < 4.78 is 51.3. The summed E-state index contributed by atoms with van der Waals surface area (Å²) in [5.74, 6) is -3.96. The number of amides is 4. The summed E-state index contributed by atoms with van der Waals surface area (Å²) in [7, 11) is 0. The van der Waals surface area contributed by atoms with Gasteiger partial charge in [-0.1, -0.05) is 11.6 Å². The molecule has 1 atom stereocenters. The fraction of sp³-hybridized carbons (Fsp3) is 0.367. The molecule has 0 unspecified atom stereocenters. The van der Waals surface area contributed by atoms with Crippen LogP contribution in [0.3, 0.4) is 0 Å². The van der Waals surface area contributed by atoms with Gasteiger partial charge in [0.05, 0.1) is 35.9 Å². The number of hydrogen-bond acceptors (Lipinski definition) is 7. The topological polar surface area (TPSA) is 154 Å². The summed E-state index contributed by atoms with van der Waals surface area (Å²) in [5, 5.41) is 13.1. The molecule has 4 amide bonds. The molecule has 6 rings (SSSR count). The van der Waals surface area contributed by atoms with E-state index >= 15 is 8.78 Å². The van der Waals surface area contributed by atoms with Gasteiger partial charge in [-0.25, -0.2) is 22.8 Å². The molecule has 1 aromatic heterocycles. The second-order valence-corrected chi connectivity index (χ2v) is 11.8. The van der Waals surface area contributed by atoms with Gasteiger partial charge in [0.2, 0.25) is 11.3 Å². The number of ether oxygens (including phenoxy) is 1. The minimum atomic E-state index is -1.31. The first-order chi connectivity index (χ1) is 22.4. The molecule has 3 heterocycles. The van der Waals surface area contributed by atoms with Crippen molar-refractivity contribution in [3.8, 4) is 0 Å². The molecule has 1 aliphatic carbocycles. The van der Waals surface area contributed by atoms with Crippen LogP contribution in [0.2, 0.25) is 5.02 Å². The van der Waals surface area contributed by atoms with E-state index in [4.69, 9.17) is 21.4 Å². The highest BCUT2D eigenvalue weighted by Crippen LogP contribution is 2.38. The van der Waals surface area contributed by atoms with Crippen LogP contribution in [0.25, 0.3) is 10.9 Å². The van der Waals surface area contributed by atoms with Crippen molar-refractivity contribution in [2.75, 3.05) is 55.6 Å². The van der Waals surface area contributed by atoms with Crippen molar-refractivity contribution < 1.29 is 42.2 Å². The quantitative estimate of drug-likeness (QED) is 0.329. The molecular weight excluding hydrogens is 649 g/mol. The van der Waals surface area contributed by atoms with Crippen molar-refractivity contribution in [2.45, 2.75) is 25.0 Å². The first kappa shape index (κ1) is 32.0. The Morgan fingerprint density at radius 2 is 1.64 bits per heavy atom. The number of nitrogens with one attached hydrogen (secondary N) is 2. The number of fused-ring (bicyclic) bond motifs is 1. The average Bonchev–Trinajstić information content (AvgIpc) is 3.80. The van der Waals surface area contributed by atoms with Gasteiger partial charge >= 0.3 is 12.2 Å². The molecule has 248 valence electrons. The van der Waals surface area contributed by atoms with Crippen LogP contribution in [-0.2, 0) is 9.53 Å². The SMILES string of the molecule is O=C(O)NC[C@H]1CN(c2cc(F)c(N3CCN(C(=O)CNC(=O)c4cn(C5CC5)c5cc(Cl)c(F)cc5c4=O)CC3)c(F)c2)C(=O)O1. The lowest BCUT2D eigenvalue weighted by Crippen LogP contribution is -2.51. The normalized spacial score (nSPS) is 18.0. The Bertz CT molecular complexity index is 1840. The second kappa shape index (κ2) is 12.7. The predicted molar refractivity (Wildman–Crippen MR) is 163 cm³/mol. The largest absolute Gasteiger partial charge is 0.465 e. The lowest BCUT2D eigenvalue weighted by Gasteiger charge is -2.36. The van der Waals surface area contributed by atoms with Gasteiger partial charge in [0, 0.05) is 55.9 Å². The smallest absolute Gasteiger partial charge is 0.414 e. The fourth-order valence-electron chi connectivity index (χ4n) is 5.75. The molecule has 3 aromatic rings. The lowest BCUT2D eigenvalue weighted by molar-refractivity contribution is -0.130. The highest BCUT2D eigenvalue weighted by Gasteiger charge is 2.34. The van der Waals surface area contributed by atoms with Crippen molar-refractivity contribution in [3.63, 3.8) is 0 Å². The molecule has 0 radical (unpaired) electrons. The number of hydrogen-bond donors (Lipinski definition) is 3. The Morgan fingerprint density at radius 3 is 2.28 bits per heavy atom. The molecule has 2 aromatic carbocycles. The van der Waals surface area contributed by atoms with E-state index in [1.807, 2.05) is 0 Å². The third-order valence-corrected chi connectivity index (χ3v) is 8.57. The number of halogens is 4. The number of anilines is 2. The van der Waals surface area contributed by atoms with Gasteiger partial charge in [0.15, 0.2) is 11.6 Å². The molecule has 0 spiro atoms. The van der Waals surface area contributed by atoms with Crippen LogP contribution in [0.5, 0.6) is 0 Å². The summed E-state index contributed by atoms with van der Waals surface area (Å²) in [4.78, 5) is 65.8. The molecule has 3 fully saturated rings. The molecule has 1 saturated carbocycles. The number of carboxylic acid groups (broad SMARTS) is 1. The Labute approximate surface area is 269 Å². The van der Waals surface area contributed by atoms with Gasteiger partial charge in [-0.05, 0) is 25.0 Å². The molecule has 0 bridgehead atoms. The molecule has 3 N–H and O–H groups in total. The first-order valence-corrected chi connectivity index (χ1v) is 15.1. The standard InChI is InChI=1S/C30H28ClF3N6O7/c31-20-10-24-18(9-21(20)32)27(42)19(14-39(24)15-1-2-15)28(43)35-12-25(41)37-3-5-38(6-4-37)26-22(33)7-16(8-23(26)34)40-13-17(47-30(40)46)11-36-29(44)45/h7-10,14-15,17,36H,1-6,11-13H2,(H,35,43)(H,44,45)/t17-/m0/s1. The van der Waals surface area contributed by atoms with Gasteiger partial charge in [-0.3, -0.25) is 19.3 Å². The zero-order chi connectivity index (χ0) is 33.6. The number of carbonyl (C=O) groups is 4. The van der Waals surface area contributed by atoms with E-state index in [2.05, 4.69) is 10.6 Å². The minimum Gasteiger partial charge on any atom is -0.465 e. The highest BCUT2D eigenvalue weighted by molar-refractivity contribution is 6.31. The van der Waals surface area contributed by atoms with Crippen molar-refractivity contribution in [1.82, 2.24) is 20.1 Å². The molecule has 2 saturated heterocycles. The summed E-state index contributed by atoms with van der Waals surface area (Å²) in [6, 6.07) is 4.34. The van der Waals surface area contributed by atoms with Crippen molar-refractivity contribution in [2.24, 2.45) is 0 Å². The van der Waals surface area contributed by atoms with Crippen molar-refractivity contribution in [1.29, 1.82) is 0 Å². The number of benzene rings is 2. The lowest BCUT2D eigenvalue weighted by atomic mass is 10.1. The van der Waals surface area contributed by atoms with Crippen molar-refractivity contribution in [3.05, 3.63) is 68.7 Å². The number of rotatable bonds is 8. The summed E-state index contributed by atoms with van der Waals surface area (Å²) in [6.45, 7) is -0.458. The van der Waals surface area contributed by atoms with Gasteiger partial charge < -0.3 is 34.8 Å². The molecule has 17 heteroatoms. The molecule has 2 aliphatic heterocycles. The Kier molecular flexibility index (Phi) is 8.61. The number of carbonyl (C=O) groups excluding carboxylic acids is 3. The molecule has 13 nitrogen and oxygen atoms in total. The van der Waals surface area contributed by atoms with E-state index in [0.717, 1.165) is 35.9 Å². The Hall–Kier alpha value is -4.99. The maximum Gasteiger partial charge on any atom is 0.414 e. The number of nitrogens with zero attached hydrogens (tertiary/aromatic N) is 4. The van der Waals surface area contributed by atoms with E-state index in [1.165, 1.54) is 22.1 Å². The van der Waals surface area contributed by atoms with Crippen LogP contribution >= 0.6 is 11.6 Å². The monoisotopic (exact) mass is 676 g/mol. The Morgan fingerprint density at radius 1 is 0.957 bits per heavy atom. The predicted octanol–water partition coefficient (Wildman–Crippen LogP) is 3.08. The zero-order valence-electron chi connectivity index (χ0n) is 24.6. The number of piperazine rings is 1. The van der Waals surface area contributed by atoms with Crippen LogP contribution in [0.1, 0.15) is 29.2 Å². The zero-order valence-corrected chi connectivity index (χ0v) is 25.4. The van der Waals surface area contributed by atoms with E-state index < -0.39 is 59.5 Å². The van der Waals surface area contributed by atoms with Crippen LogP contribution in [0.4, 0.5) is 34.1 Å². The maximum atomic E-state index is 15.2. The fourth-order valence-corrected chi connectivity index (χ4v) is 5.91. The van der Waals surface area contributed by atoms with Crippen LogP contribution in [0, 0.1) is 17.5 Å². The van der Waals surface area contributed by atoms with E-state index in [1.54, 1.807) is 4.57 Å². The first-order valence-electron chi connectivity index (χ1n) is 14.7. The molecule has 3 aliphatic rings.